The van der Waals surface area contributed by atoms with Crippen LogP contribution in [0.15, 0.2) is 18.2 Å². The molecule has 9 heteroatoms. The second kappa shape index (κ2) is 6.92. The van der Waals surface area contributed by atoms with Gasteiger partial charge in [-0.1, -0.05) is 0 Å². The molecule has 0 fully saturated rings. The fourth-order valence-corrected chi connectivity index (χ4v) is 1.36. The Bertz CT molecular complexity index is 531. The minimum atomic E-state index is -1.04. The molecule has 0 unspecified atom stereocenters. The number of hydrogen-bond donors (Lipinski definition) is 3. The second-order valence-electron chi connectivity index (χ2n) is 3.67. The van der Waals surface area contributed by atoms with Crippen molar-refractivity contribution in [3.63, 3.8) is 0 Å². The first kappa shape index (κ1) is 15.2. The van der Waals surface area contributed by atoms with Gasteiger partial charge in [-0.25, -0.2) is 4.79 Å². The van der Waals surface area contributed by atoms with Crippen LogP contribution in [-0.4, -0.2) is 35.7 Å². The number of rotatable bonds is 6. The number of benzene rings is 1. The molecule has 0 saturated heterocycles. The van der Waals surface area contributed by atoms with Crippen LogP contribution in [0.25, 0.3) is 0 Å². The van der Waals surface area contributed by atoms with E-state index in [9.17, 15) is 19.7 Å². The predicted octanol–water partition coefficient (Wildman–Crippen LogP) is 1.20. The zero-order valence-corrected chi connectivity index (χ0v) is 10.6. The Labute approximate surface area is 113 Å². The number of carboxylic acids is 1. The van der Waals surface area contributed by atoms with Crippen molar-refractivity contribution in [3.8, 4) is 5.75 Å². The summed E-state index contributed by atoms with van der Waals surface area (Å²) in [5.74, 6) is -0.790. The molecule has 0 atom stereocenters. The van der Waals surface area contributed by atoms with Crippen LogP contribution < -0.4 is 15.4 Å². The number of amides is 2. The van der Waals surface area contributed by atoms with Crippen LogP contribution in [0.5, 0.6) is 5.75 Å². The van der Waals surface area contributed by atoms with Crippen molar-refractivity contribution >= 4 is 23.4 Å². The highest BCUT2D eigenvalue weighted by atomic mass is 16.6. The molecular weight excluding hydrogens is 270 g/mol. The quantitative estimate of drug-likeness (QED) is 0.531. The van der Waals surface area contributed by atoms with E-state index in [1.165, 1.54) is 19.2 Å². The van der Waals surface area contributed by atoms with E-state index in [-0.39, 0.29) is 30.1 Å². The lowest BCUT2D eigenvalue weighted by atomic mass is 10.2. The number of nitrogens with one attached hydrogen (secondary N) is 2. The zero-order valence-electron chi connectivity index (χ0n) is 10.6. The Morgan fingerprint density at radius 1 is 1.45 bits per heavy atom. The van der Waals surface area contributed by atoms with Crippen LogP contribution in [0.2, 0.25) is 0 Å². The van der Waals surface area contributed by atoms with Gasteiger partial charge in [-0.05, 0) is 6.07 Å². The Morgan fingerprint density at radius 3 is 2.70 bits per heavy atom. The van der Waals surface area contributed by atoms with Gasteiger partial charge in [-0.3, -0.25) is 14.9 Å². The Morgan fingerprint density at radius 2 is 2.15 bits per heavy atom. The van der Waals surface area contributed by atoms with Crippen LogP contribution >= 0.6 is 0 Å². The number of aliphatic carboxylic acids is 1. The van der Waals surface area contributed by atoms with E-state index in [1.54, 1.807) is 0 Å². The molecule has 0 bridgehead atoms. The minimum absolute atomic E-state index is 0.0571. The van der Waals surface area contributed by atoms with Crippen molar-refractivity contribution in [2.45, 2.75) is 6.42 Å². The summed E-state index contributed by atoms with van der Waals surface area (Å²) < 4.78 is 4.96. The number of nitro benzene ring substituents is 1. The van der Waals surface area contributed by atoms with E-state index < -0.39 is 16.9 Å². The third-order valence-corrected chi connectivity index (χ3v) is 2.27. The van der Waals surface area contributed by atoms with Gasteiger partial charge in [0.25, 0.3) is 5.69 Å². The Balaban J connectivity index is 2.74. The number of carboxylic acid groups (broad SMARTS) is 1. The molecule has 3 N–H and O–H groups in total. The summed E-state index contributed by atoms with van der Waals surface area (Å²) in [6.07, 6.45) is -0.223. The molecule has 0 aromatic heterocycles. The number of non-ortho nitro benzene ring substituents is 1. The summed E-state index contributed by atoms with van der Waals surface area (Å²) in [5.41, 5.74) is -0.0823. The number of ether oxygens (including phenoxy) is 1. The summed E-state index contributed by atoms with van der Waals surface area (Å²) in [7, 11) is 1.36. The summed E-state index contributed by atoms with van der Waals surface area (Å²) in [5, 5.41) is 23.7. The first-order chi connectivity index (χ1) is 9.43. The monoisotopic (exact) mass is 283 g/mol. The van der Waals surface area contributed by atoms with E-state index in [0.717, 1.165) is 6.07 Å². The van der Waals surface area contributed by atoms with Gasteiger partial charge in [0.05, 0.1) is 24.1 Å². The maximum Gasteiger partial charge on any atom is 0.319 e. The van der Waals surface area contributed by atoms with Crippen molar-refractivity contribution in [2.75, 3.05) is 19.0 Å². The van der Waals surface area contributed by atoms with Crippen molar-refractivity contribution in [1.82, 2.24) is 5.32 Å². The van der Waals surface area contributed by atoms with E-state index in [4.69, 9.17) is 9.84 Å². The number of anilines is 1. The first-order valence-corrected chi connectivity index (χ1v) is 5.53. The molecule has 1 aromatic carbocycles. The van der Waals surface area contributed by atoms with Crippen molar-refractivity contribution in [2.24, 2.45) is 0 Å². The minimum Gasteiger partial charge on any atom is -0.495 e. The SMILES string of the molecule is COc1ccc([N+](=O)[O-])cc1NC(=O)NCCC(=O)O. The van der Waals surface area contributed by atoms with Crippen LogP contribution in [0.3, 0.4) is 0 Å². The average Bonchev–Trinajstić information content (AvgIpc) is 2.38. The summed E-state index contributed by atoms with van der Waals surface area (Å²) in [4.78, 5) is 31.8. The third-order valence-electron chi connectivity index (χ3n) is 2.27. The molecule has 20 heavy (non-hydrogen) atoms. The van der Waals surface area contributed by atoms with Gasteiger partial charge < -0.3 is 20.5 Å². The topological polar surface area (TPSA) is 131 Å². The molecule has 1 aromatic rings. The lowest BCUT2D eigenvalue weighted by Crippen LogP contribution is -2.30. The van der Waals surface area contributed by atoms with Crippen molar-refractivity contribution < 1.29 is 24.4 Å². The number of urea groups is 1. The van der Waals surface area contributed by atoms with Crippen molar-refractivity contribution in [1.29, 1.82) is 0 Å². The molecule has 0 aliphatic heterocycles. The smallest absolute Gasteiger partial charge is 0.319 e. The van der Waals surface area contributed by atoms with Gasteiger partial charge in [-0.2, -0.15) is 0 Å². The first-order valence-electron chi connectivity index (χ1n) is 5.53. The lowest BCUT2D eigenvalue weighted by molar-refractivity contribution is -0.384. The number of carbonyl (C=O) groups excluding carboxylic acids is 1. The van der Waals surface area contributed by atoms with Crippen LogP contribution in [0.1, 0.15) is 6.42 Å². The molecule has 0 heterocycles. The van der Waals surface area contributed by atoms with E-state index in [1.807, 2.05) is 0 Å². The molecule has 9 nitrogen and oxygen atoms in total. The number of hydrogen-bond acceptors (Lipinski definition) is 5. The van der Waals surface area contributed by atoms with Gasteiger partial charge in [0.2, 0.25) is 0 Å². The summed E-state index contributed by atoms with van der Waals surface area (Å²) in [6.45, 7) is -0.0571. The molecule has 0 saturated carbocycles. The highest BCUT2D eigenvalue weighted by molar-refractivity contribution is 5.91. The van der Waals surface area contributed by atoms with Crippen molar-refractivity contribution in [3.05, 3.63) is 28.3 Å². The second-order valence-corrected chi connectivity index (χ2v) is 3.67. The molecule has 1 rings (SSSR count). The fraction of sp³-hybridized carbons (Fsp3) is 0.273. The highest BCUT2D eigenvalue weighted by Crippen LogP contribution is 2.28. The van der Waals surface area contributed by atoms with E-state index in [0.29, 0.717) is 0 Å². The zero-order chi connectivity index (χ0) is 15.1. The molecule has 2 amide bonds. The molecular formula is C11H13N3O6. The molecule has 0 aliphatic rings. The molecule has 0 aliphatic carbocycles. The van der Waals surface area contributed by atoms with Gasteiger partial charge >= 0.3 is 12.0 Å². The fourth-order valence-electron chi connectivity index (χ4n) is 1.36. The normalized spacial score (nSPS) is 9.65. The van der Waals surface area contributed by atoms with E-state index in [2.05, 4.69) is 10.6 Å². The molecule has 0 spiro atoms. The van der Waals surface area contributed by atoms with E-state index >= 15 is 0 Å². The lowest BCUT2D eigenvalue weighted by Gasteiger charge is -2.10. The number of nitro groups is 1. The Hall–Kier alpha value is -2.84. The van der Waals surface area contributed by atoms with Gasteiger partial charge in [0.15, 0.2) is 0 Å². The largest absolute Gasteiger partial charge is 0.495 e. The number of nitrogens with zero attached hydrogens (tertiary/aromatic N) is 1. The maximum atomic E-state index is 11.5. The number of carbonyl (C=O) groups is 2. The average molecular weight is 283 g/mol. The molecule has 0 radical (unpaired) electrons. The van der Waals surface area contributed by atoms with Crippen LogP contribution in [0.4, 0.5) is 16.2 Å². The van der Waals surface area contributed by atoms with Crippen LogP contribution in [0, 0.1) is 10.1 Å². The van der Waals surface area contributed by atoms with Crippen LogP contribution in [-0.2, 0) is 4.79 Å². The van der Waals surface area contributed by atoms with Gasteiger partial charge in [-0.15, -0.1) is 0 Å². The standard InChI is InChI=1S/C11H13N3O6/c1-20-9-3-2-7(14(18)19)6-8(9)13-11(17)12-5-4-10(15)16/h2-3,6H,4-5H2,1H3,(H,15,16)(H2,12,13,17). The Kier molecular flexibility index (Phi) is 5.27. The molecule has 108 valence electrons. The third kappa shape index (κ3) is 4.44. The summed E-state index contributed by atoms with van der Waals surface area (Å²) >= 11 is 0. The maximum absolute atomic E-state index is 11.5. The predicted molar refractivity (Wildman–Crippen MR) is 68.9 cm³/mol. The number of methoxy groups -OCH3 is 1. The van der Waals surface area contributed by atoms with Gasteiger partial charge in [0, 0.05) is 18.7 Å². The van der Waals surface area contributed by atoms with Gasteiger partial charge in [0.1, 0.15) is 5.75 Å². The summed E-state index contributed by atoms with van der Waals surface area (Å²) in [6, 6.07) is 3.07. The highest BCUT2D eigenvalue weighted by Gasteiger charge is 2.13.